The number of nitrogens with one attached hydrogen (secondary N) is 1. The van der Waals surface area contributed by atoms with E-state index in [0.29, 0.717) is 17.9 Å². The highest BCUT2D eigenvalue weighted by Crippen LogP contribution is 2.27. The van der Waals surface area contributed by atoms with E-state index in [2.05, 4.69) is 22.2 Å². The molecule has 0 aliphatic heterocycles. The molecule has 2 rings (SSSR count). The lowest BCUT2D eigenvalue weighted by Gasteiger charge is -2.10. The highest BCUT2D eigenvalue weighted by Gasteiger charge is 2.33. The topological polar surface area (TPSA) is 64.1 Å². The lowest BCUT2D eigenvalue weighted by Crippen LogP contribution is -2.26. The first-order valence-electron chi connectivity index (χ1n) is 8.72. The summed E-state index contributed by atoms with van der Waals surface area (Å²) >= 11 is 0. The van der Waals surface area contributed by atoms with E-state index in [1.54, 1.807) is 24.3 Å². The normalized spacial score (nSPS) is 11.3. The Morgan fingerprint density at radius 1 is 1.19 bits per heavy atom. The minimum atomic E-state index is -4.52. The first-order valence-corrected chi connectivity index (χ1v) is 8.72. The Hall–Kier alpha value is -2.64. The summed E-state index contributed by atoms with van der Waals surface area (Å²) in [6, 6.07) is 7.60. The summed E-state index contributed by atoms with van der Waals surface area (Å²) in [7, 11) is 0. The van der Waals surface area contributed by atoms with Gasteiger partial charge in [0.2, 0.25) is 0 Å². The van der Waals surface area contributed by atoms with Crippen LogP contribution in [0.15, 0.2) is 30.3 Å². The molecule has 0 unspecified atom stereocenters. The van der Waals surface area contributed by atoms with Crippen LogP contribution in [0.3, 0.4) is 0 Å². The van der Waals surface area contributed by atoms with Gasteiger partial charge in [0.15, 0.2) is 0 Å². The number of alkyl halides is 3. The maximum Gasteiger partial charge on any atom is 0.433 e. The second-order valence-electron chi connectivity index (χ2n) is 6.04. The van der Waals surface area contributed by atoms with Crippen LogP contribution in [-0.2, 0) is 12.6 Å². The molecule has 0 radical (unpaired) electrons. The number of nitrogens with zero attached hydrogens (tertiary/aromatic N) is 2. The lowest BCUT2D eigenvalue weighted by molar-refractivity contribution is -0.141. The Balaban J connectivity index is 1.88. The van der Waals surface area contributed by atoms with Crippen molar-refractivity contribution in [1.29, 1.82) is 0 Å². The molecule has 1 N–H and O–H groups in total. The van der Waals surface area contributed by atoms with E-state index < -0.39 is 11.9 Å². The van der Waals surface area contributed by atoms with Crippen molar-refractivity contribution in [1.82, 2.24) is 15.3 Å². The smallest absolute Gasteiger partial charge is 0.433 e. The highest BCUT2D eigenvalue weighted by molar-refractivity contribution is 5.94. The summed E-state index contributed by atoms with van der Waals surface area (Å²) in [5.41, 5.74) is -0.300. The molecule has 0 aliphatic rings. The third-order valence-electron chi connectivity index (χ3n) is 3.71. The molecule has 1 aromatic carbocycles. The van der Waals surface area contributed by atoms with Crippen LogP contribution in [-0.4, -0.2) is 29.0 Å². The molecule has 5 nitrogen and oxygen atoms in total. The number of rotatable bonds is 8. The third-order valence-corrected chi connectivity index (χ3v) is 3.71. The highest BCUT2D eigenvalue weighted by atomic mass is 19.4. The number of hydrogen-bond acceptors (Lipinski definition) is 4. The molecule has 2 aromatic rings. The Morgan fingerprint density at radius 2 is 1.89 bits per heavy atom. The Bertz CT molecular complexity index is 762. The van der Waals surface area contributed by atoms with Crippen LogP contribution in [0, 0.1) is 6.92 Å². The van der Waals surface area contributed by atoms with Crippen LogP contribution >= 0.6 is 0 Å². The fourth-order valence-electron chi connectivity index (χ4n) is 2.31. The van der Waals surface area contributed by atoms with Gasteiger partial charge in [-0.05, 0) is 43.7 Å². The van der Waals surface area contributed by atoms with Gasteiger partial charge < -0.3 is 10.1 Å². The minimum absolute atomic E-state index is 0.0438. The number of carbonyl (C=O) groups excluding carboxylic acids is 1. The van der Waals surface area contributed by atoms with Crippen molar-refractivity contribution in [3.05, 3.63) is 53.1 Å². The number of hydrogen-bond donors (Lipinski definition) is 1. The molecule has 0 saturated carbocycles. The first-order chi connectivity index (χ1) is 12.8. The number of aromatic nitrogens is 2. The lowest BCUT2D eigenvalue weighted by atomic mass is 10.2. The van der Waals surface area contributed by atoms with Gasteiger partial charge in [-0.1, -0.05) is 13.3 Å². The maximum atomic E-state index is 12.8. The molecule has 0 spiro atoms. The second kappa shape index (κ2) is 9.34. The summed E-state index contributed by atoms with van der Waals surface area (Å²) in [6.07, 6.45) is -2.42. The number of unbranched alkanes of at least 4 members (excludes halogenated alkanes) is 1. The van der Waals surface area contributed by atoms with Crippen molar-refractivity contribution in [2.24, 2.45) is 0 Å². The first kappa shape index (κ1) is 20.7. The monoisotopic (exact) mass is 381 g/mol. The third kappa shape index (κ3) is 6.54. The molecular weight excluding hydrogens is 359 g/mol. The molecular formula is C19H22F3N3O2. The molecule has 0 aliphatic carbocycles. The maximum absolute atomic E-state index is 12.8. The summed E-state index contributed by atoms with van der Waals surface area (Å²) in [5.74, 6) is 0.411. The Morgan fingerprint density at radius 3 is 2.52 bits per heavy atom. The number of carbonyl (C=O) groups is 1. The predicted molar refractivity (Wildman–Crippen MR) is 94.7 cm³/mol. The van der Waals surface area contributed by atoms with Gasteiger partial charge in [0.1, 0.15) is 17.3 Å². The van der Waals surface area contributed by atoms with Gasteiger partial charge in [-0.2, -0.15) is 13.2 Å². The number of ether oxygens (including phenoxy) is 1. The van der Waals surface area contributed by atoms with E-state index in [0.717, 1.165) is 18.9 Å². The van der Waals surface area contributed by atoms with Crippen LogP contribution in [0.2, 0.25) is 0 Å². The zero-order valence-corrected chi connectivity index (χ0v) is 15.3. The quantitative estimate of drug-likeness (QED) is 0.703. The molecule has 0 atom stereocenters. The molecule has 1 amide bonds. The van der Waals surface area contributed by atoms with Crippen molar-refractivity contribution < 1.29 is 22.7 Å². The summed E-state index contributed by atoms with van der Waals surface area (Å²) < 4.78 is 43.9. The average molecular weight is 381 g/mol. The van der Waals surface area contributed by atoms with E-state index >= 15 is 0 Å². The van der Waals surface area contributed by atoms with Crippen LogP contribution in [0.1, 0.15) is 47.3 Å². The van der Waals surface area contributed by atoms with Crippen LogP contribution in [0.4, 0.5) is 13.2 Å². The Kier molecular flexibility index (Phi) is 7.15. The standard InChI is InChI=1S/C19H22F3N3O2/c1-3-4-11-27-15-7-5-14(6-8-15)18(26)23-10-9-17-24-13(2)12-16(25-17)19(20,21)22/h5-8,12H,3-4,9-11H2,1-2H3,(H,23,26). The average Bonchev–Trinajstić information content (AvgIpc) is 2.61. The SMILES string of the molecule is CCCCOc1ccc(C(=O)NCCc2nc(C)cc(C(F)(F)F)n2)cc1. The van der Waals surface area contributed by atoms with Gasteiger partial charge in [0, 0.05) is 24.2 Å². The second-order valence-corrected chi connectivity index (χ2v) is 6.04. The molecule has 146 valence electrons. The number of amides is 1. The summed E-state index contributed by atoms with van der Waals surface area (Å²) in [5, 5.41) is 2.66. The zero-order valence-electron chi connectivity index (χ0n) is 15.3. The van der Waals surface area contributed by atoms with Crippen LogP contribution < -0.4 is 10.1 Å². The van der Waals surface area contributed by atoms with E-state index in [4.69, 9.17) is 4.74 Å². The molecule has 0 fully saturated rings. The van der Waals surface area contributed by atoms with Gasteiger partial charge >= 0.3 is 6.18 Å². The molecule has 8 heteroatoms. The summed E-state index contributed by atoms with van der Waals surface area (Å²) in [6.45, 7) is 4.30. The van der Waals surface area contributed by atoms with E-state index in [1.165, 1.54) is 6.92 Å². The Labute approximate surface area is 156 Å². The van der Waals surface area contributed by atoms with Gasteiger partial charge in [-0.3, -0.25) is 4.79 Å². The zero-order chi connectivity index (χ0) is 19.9. The van der Waals surface area contributed by atoms with E-state index in [9.17, 15) is 18.0 Å². The van der Waals surface area contributed by atoms with Crippen molar-refractivity contribution in [2.75, 3.05) is 13.2 Å². The molecule has 0 saturated heterocycles. The van der Waals surface area contributed by atoms with E-state index in [1.807, 2.05) is 0 Å². The fraction of sp³-hybridized carbons (Fsp3) is 0.421. The van der Waals surface area contributed by atoms with Crippen molar-refractivity contribution in [3.8, 4) is 5.75 Å². The largest absolute Gasteiger partial charge is 0.494 e. The number of aryl methyl sites for hydroxylation is 1. The van der Waals surface area contributed by atoms with Gasteiger partial charge in [0.25, 0.3) is 5.91 Å². The summed E-state index contributed by atoms with van der Waals surface area (Å²) in [4.78, 5) is 19.6. The molecule has 0 bridgehead atoms. The van der Waals surface area contributed by atoms with Gasteiger partial charge in [-0.25, -0.2) is 9.97 Å². The van der Waals surface area contributed by atoms with Crippen molar-refractivity contribution in [2.45, 2.75) is 39.3 Å². The van der Waals surface area contributed by atoms with Crippen LogP contribution in [0.25, 0.3) is 0 Å². The van der Waals surface area contributed by atoms with Crippen molar-refractivity contribution >= 4 is 5.91 Å². The minimum Gasteiger partial charge on any atom is -0.494 e. The van der Waals surface area contributed by atoms with Crippen LogP contribution in [0.5, 0.6) is 5.75 Å². The molecule has 1 heterocycles. The van der Waals surface area contributed by atoms with E-state index in [-0.39, 0.29) is 30.4 Å². The van der Waals surface area contributed by atoms with Gasteiger partial charge in [0.05, 0.1) is 6.61 Å². The predicted octanol–water partition coefficient (Wildman–Crippen LogP) is 3.96. The molecule has 27 heavy (non-hydrogen) atoms. The number of benzene rings is 1. The van der Waals surface area contributed by atoms with Gasteiger partial charge in [-0.15, -0.1) is 0 Å². The molecule has 1 aromatic heterocycles. The number of halogens is 3. The fourth-order valence-corrected chi connectivity index (χ4v) is 2.31. The van der Waals surface area contributed by atoms with Crippen molar-refractivity contribution in [3.63, 3.8) is 0 Å².